The topological polar surface area (TPSA) is 81.5 Å². The Labute approximate surface area is 163 Å². The zero-order valence-corrected chi connectivity index (χ0v) is 14.6. The van der Waals surface area contributed by atoms with E-state index in [0.29, 0.717) is 12.1 Å². The fraction of sp³-hybridized carbons (Fsp3) is 0.235. The Morgan fingerprint density at radius 2 is 1.67 bits per heavy atom. The molecule has 0 saturated carbocycles. The van der Waals surface area contributed by atoms with E-state index in [2.05, 4.69) is 10.1 Å². The zero-order valence-electron chi connectivity index (χ0n) is 14.6. The van der Waals surface area contributed by atoms with Crippen LogP contribution in [0.15, 0.2) is 42.5 Å². The second-order valence-corrected chi connectivity index (χ2v) is 5.82. The lowest BCUT2D eigenvalue weighted by molar-refractivity contribution is -0.384. The van der Waals surface area contributed by atoms with Crippen molar-refractivity contribution in [3.05, 3.63) is 63.7 Å². The summed E-state index contributed by atoms with van der Waals surface area (Å²) in [5, 5.41) is 12.7. The Kier molecular flexibility index (Phi) is 6.53. The number of nitro groups is 1. The minimum atomic E-state index is -5.11. The lowest BCUT2D eigenvalue weighted by Gasteiger charge is -2.19. The van der Waals surface area contributed by atoms with Gasteiger partial charge < -0.3 is 10.1 Å². The number of non-ortho nitro benzene ring substituents is 1. The summed E-state index contributed by atoms with van der Waals surface area (Å²) in [6.45, 7) is -1.98. The summed E-state index contributed by atoms with van der Waals surface area (Å²) in [6.07, 6.45) is -9.24. The number of nitrogens with one attached hydrogen (secondary N) is 1. The molecule has 0 saturated heterocycles. The van der Waals surface area contributed by atoms with Crippen LogP contribution in [0.2, 0.25) is 0 Å². The summed E-state index contributed by atoms with van der Waals surface area (Å²) in [5.74, 6) is -6.70. The van der Waals surface area contributed by atoms with Crippen molar-refractivity contribution >= 4 is 17.3 Å². The van der Waals surface area contributed by atoms with Crippen LogP contribution < -0.4 is 10.1 Å². The second kappa shape index (κ2) is 8.55. The molecule has 1 N–H and O–H groups in total. The number of amides is 1. The number of carbonyl (C=O) groups excluding carboxylic acids is 1. The molecule has 0 heterocycles. The van der Waals surface area contributed by atoms with Gasteiger partial charge in [0.25, 0.3) is 11.6 Å². The minimum absolute atomic E-state index is 0.105. The fourth-order valence-electron chi connectivity index (χ4n) is 2.13. The van der Waals surface area contributed by atoms with E-state index in [1.165, 1.54) is 0 Å². The molecule has 0 fully saturated rings. The molecular formula is C17H11F7N2O4. The molecule has 0 aliphatic carbocycles. The van der Waals surface area contributed by atoms with Crippen LogP contribution in [0.4, 0.5) is 42.1 Å². The molecule has 1 amide bonds. The van der Waals surface area contributed by atoms with Crippen LogP contribution in [0.3, 0.4) is 0 Å². The Morgan fingerprint density at radius 1 is 1.07 bits per heavy atom. The van der Waals surface area contributed by atoms with Gasteiger partial charge in [0.15, 0.2) is 6.61 Å². The van der Waals surface area contributed by atoms with E-state index in [1.807, 2.05) is 0 Å². The average Bonchev–Trinajstić information content (AvgIpc) is 2.66. The van der Waals surface area contributed by atoms with E-state index in [0.717, 1.165) is 30.3 Å². The van der Waals surface area contributed by atoms with E-state index in [-0.39, 0.29) is 11.3 Å². The first kappa shape index (κ1) is 22.9. The summed E-state index contributed by atoms with van der Waals surface area (Å²) in [4.78, 5) is 22.0. The first-order valence-electron chi connectivity index (χ1n) is 7.87. The van der Waals surface area contributed by atoms with Crippen LogP contribution in [0.1, 0.15) is 15.9 Å². The third-order valence-electron chi connectivity index (χ3n) is 3.62. The van der Waals surface area contributed by atoms with Crippen LogP contribution >= 0.6 is 0 Å². The standard InChI is InChI=1S/C17H11F7N2O4/c18-15(19)16(20,21)8-30-13-6-3-10(7-12(13)17(22,23)24)25-14(27)9-1-4-11(5-2-9)26(28)29/h1-7,15H,8H2,(H,25,27). The molecule has 0 atom stereocenters. The molecule has 0 spiro atoms. The maximum absolute atomic E-state index is 13.2. The Morgan fingerprint density at radius 3 is 2.17 bits per heavy atom. The number of hydrogen-bond acceptors (Lipinski definition) is 4. The van der Waals surface area contributed by atoms with Gasteiger partial charge in [0.2, 0.25) is 0 Å². The summed E-state index contributed by atoms with van der Waals surface area (Å²) in [5.41, 5.74) is -2.40. The number of nitrogens with zero attached hydrogens (tertiary/aromatic N) is 1. The number of halogens is 7. The molecule has 0 aromatic heterocycles. The van der Waals surface area contributed by atoms with Crippen molar-refractivity contribution in [3.63, 3.8) is 0 Å². The Balaban J connectivity index is 2.23. The smallest absolute Gasteiger partial charge is 0.420 e. The number of anilines is 1. The van der Waals surface area contributed by atoms with Crippen molar-refractivity contribution in [1.29, 1.82) is 0 Å². The van der Waals surface area contributed by atoms with Gasteiger partial charge in [0, 0.05) is 23.4 Å². The van der Waals surface area contributed by atoms with E-state index in [1.54, 1.807) is 0 Å². The maximum atomic E-state index is 13.2. The molecule has 2 aromatic rings. The SMILES string of the molecule is O=C(Nc1ccc(OCC(F)(F)C(F)F)c(C(F)(F)F)c1)c1ccc([N+](=O)[O-])cc1. The highest BCUT2D eigenvalue weighted by Crippen LogP contribution is 2.38. The van der Waals surface area contributed by atoms with Crippen molar-refractivity contribution < 1.29 is 45.2 Å². The number of ether oxygens (including phenoxy) is 1. The monoisotopic (exact) mass is 440 g/mol. The lowest BCUT2D eigenvalue weighted by Crippen LogP contribution is -2.34. The number of benzene rings is 2. The first-order valence-corrected chi connectivity index (χ1v) is 7.87. The molecule has 0 bridgehead atoms. The summed E-state index contributed by atoms with van der Waals surface area (Å²) < 4.78 is 94.0. The highest BCUT2D eigenvalue weighted by Gasteiger charge is 2.43. The highest BCUT2D eigenvalue weighted by molar-refractivity contribution is 6.04. The summed E-state index contributed by atoms with van der Waals surface area (Å²) in [6, 6.07) is 6.01. The molecule has 13 heteroatoms. The maximum Gasteiger partial charge on any atom is 0.420 e. The number of carbonyl (C=O) groups is 1. The molecule has 0 aliphatic heterocycles. The van der Waals surface area contributed by atoms with Crippen LogP contribution in [0, 0.1) is 10.1 Å². The van der Waals surface area contributed by atoms with E-state index in [9.17, 15) is 45.6 Å². The van der Waals surface area contributed by atoms with Crippen molar-refractivity contribution in [1.82, 2.24) is 0 Å². The molecule has 30 heavy (non-hydrogen) atoms. The number of rotatable bonds is 7. The van der Waals surface area contributed by atoms with E-state index < -0.39 is 53.0 Å². The van der Waals surface area contributed by atoms with Gasteiger partial charge in [0.05, 0.1) is 10.5 Å². The quantitative estimate of drug-likeness (QED) is 0.367. The lowest BCUT2D eigenvalue weighted by atomic mass is 10.1. The Hall–Kier alpha value is -3.38. The highest BCUT2D eigenvalue weighted by atomic mass is 19.4. The number of nitro benzene ring substituents is 1. The van der Waals surface area contributed by atoms with Gasteiger partial charge in [-0.1, -0.05) is 0 Å². The predicted octanol–water partition coefficient (Wildman–Crippen LogP) is 5.15. The molecule has 2 rings (SSSR count). The summed E-state index contributed by atoms with van der Waals surface area (Å²) >= 11 is 0. The van der Waals surface area contributed by atoms with Gasteiger partial charge in [-0.2, -0.15) is 22.0 Å². The van der Waals surface area contributed by atoms with Crippen LogP contribution in [-0.4, -0.2) is 29.8 Å². The second-order valence-electron chi connectivity index (χ2n) is 5.82. The van der Waals surface area contributed by atoms with Gasteiger partial charge in [-0.05, 0) is 30.3 Å². The van der Waals surface area contributed by atoms with Crippen molar-refractivity contribution in [2.75, 3.05) is 11.9 Å². The largest absolute Gasteiger partial charge is 0.486 e. The fourth-order valence-corrected chi connectivity index (χ4v) is 2.13. The molecule has 2 aromatic carbocycles. The normalized spacial score (nSPS) is 12.0. The molecule has 0 unspecified atom stereocenters. The van der Waals surface area contributed by atoms with Crippen molar-refractivity contribution in [2.45, 2.75) is 18.5 Å². The average molecular weight is 440 g/mol. The number of hydrogen-bond donors (Lipinski definition) is 1. The molecule has 0 radical (unpaired) electrons. The third kappa shape index (κ3) is 5.58. The van der Waals surface area contributed by atoms with Crippen molar-refractivity contribution in [3.8, 4) is 5.75 Å². The summed E-state index contributed by atoms with van der Waals surface area (Å²) in [7, 11) is 0. The molecule has 0 aliphatic rings. The molecule has 6 nitrogen and oxygen atoms in total. The number of alkyl halides is 7. The Bertz CT molecular complexity index is 931. The van der Waals surface area contributed by atoms with E-state index >= 15 is 0 Å². The van der Waals surface area contributed by atoms with E-state index in [4.69, 9.17) is 0 Å². The third-order valence-corrected chi connectivity index (χ3v) is 3.62. The zero-order chi connectivity index (χ0) is 22.7. The van der Waals surface area contributed by atoms with Gasteiger partial charge in [0.1, 0.15) is 5.75 Å². The van der Waals surface area contributed by atoms with Crippen molar-refractivity contribution in [2.24, 2.45) is 0 Å². The van der Waals surface area contributed by atoms with Gasteiger partial charge >= 0.3 is 18.5 Å². The molecule has 162 valence electrons. The predicted molar refractivity (Wildman–Crippen MR) is 88.9 cm³/mol. The molecular weight excluding hydrogens is 429 g/mol. The van der Waals surface area contributed by atoms with Gasteiger partial charge in [-0.3, -0.25) is 14.9 Å². The van der Waals surface area contributed by atoms with Crippen LogP contribution in [-0.2, 0) is 6.18 Å². The van der Waals surface area contributed by atoms with Gasteiger partial charge in [-0.25, -0.2) is 8.78 Å². The van der Waals surface area contributed by atoms with Crippen LogP contribution in [0.5, 0.6) is 5.75 Å². The first-order chi connectivity index (χ1) is 13.8. The van der Waals surface area contributed by atoms with Crippen LogP contribution in [0.25, 0.3) is 0 Å². The van der Waals surface area contributed by atoms with Gasteiger partial charge in [-0.15, -0.1) is 0 Å². The minimum Gasteiger partial charge on any atom is -0.486 e.